The lowest BCUT2D eigenvalue weighted by molar-refractivity contribution is -0.140. The van der Waals surface area contributed by atoms with E-state index >= 15 is 0 Å². The monoisotopic (exact) mass is 646 g/mol. The molecule has 3 aromatic rings. The zero-order valence-electron chi connectivity index (χ0n) is 23.6. The lowest BCUT2D eigenvalue weighted by Gasteiger charge is -2.27. The smallest absolute Gasteiger partial charge is 0.338 e. The van der Waals surface area contributed by atoms with Gasteiger partial charge in [-0.25, -0.2) is 9.79 Å². The Balaban J connectivity index is 1.98. The molecule has 0 unspecified atom stereocenters. The molecule has 0 fully saturated rings. The summed E-state index contributed by atoms with van der Waals surface area (Å²) in [6, 6.07) is 8.03. The molecule has 0 spiro atoms. The molecule has 10 nitrogen and oxygen atoms in total. The zero-order valence-corrected chi connectivity index (χ0v) is 26.0. The number of allylic oxidation sites excluding steroid dienone is 1. The molecule has 1 aliphatic rings. The van der Waals surface area contributed by atoms with Crippen molar-refractivity contribution in [2.24, 2.45) is 4.99 Å². The number of halogens is 1. The average molecular weight is 648 g/mol. The average Bonchev–Trinajstić information content (AvgIpc) is 3.27. The number of methoxy groups -OCH3 is 4. The highest BCUT2D eigenvalue weighted by atomic mass is 79.9. The lowest BCUT2D eigenvalue weighted by Crippen LogP contribution is -2.40. The van der Waals surface area contributed by atoms with Crippen molar-refractivity contribution < 1.29 is 33.2 Å². The number of nitrogens with zero attached hydrogens (tertiary/aromatic N) is 2. The number of aromatic nitrogens is 1. The summed E-state index contributed by atoms with van der Waals surface area (Å²) in [4.78, 5) is 32.6. The maximum atomic E-state index is 14.1. The number of carbonyl (C=O) groups excluding carboxylic acids is 1. The molecule has 0 aliphatic carbocycles. The van der Waals surface area contributed by atoms with Gasteiger partial charge in [-0.15, -0.1) is 0 Å². The number of esters is 1. The lowest BCUT2D eigenvalue weighted by atomic mass is 9.94. The van der Waals surface area contributed by atoms with Crippen molar-refractivity contribution in [2.75, 3.05) is 48.3 Å². The van der Waals surface area contributed by atoms with Crippen LogP contribution in [-0.4, -0.2) is 58.8 Å². The minimum Gasteiger partial charge on any atom is -0.493 e. The van der Waals surface area contributed by atoms with E-state index in [4.69, 9.17) is 28.4 Å². The van der Waals surface area contributed by atoms with Gasteiger partial charge in [0.25, 0.3) is 5.56 Å². The summed E-state index contributed by atoms with van der Waals surface area (Å²) >= 11 is 4.77. The molecule has 2 aromatic carbocycles. The third kappa shape index (κ3) is 6.04. The van der Waals surface area contributed by atoms with E-state index in [1.54, 1.807) is 57.6 Å². The van der Waals surface area contributed by atoms with Gasteiger partial charge in [0, 0.05) is 17.1 Å². The van der Waals surface area contributed by atoms with Crippen molar-refractivity contribution in [3.8, 4) is 23.0 Å². The van der Waals surface area contributed by atoms with E-state index < -0.39 is 12.0 Å². The summed E-state index contributed by atoms with van der Waals surface area (Å²) < 4.78 is 35.6. The van der Waals surface area contributed by atoms with Crippen LogP contribution in [0.15, 0.2) is 55.9 Å². The summed E-state index contributed by atoms with van der Waals surface area (Å²) in [7, 11) is 6.16. The molecule has 41 heavy (non-hydrogen) atoms. The number of ether oxygens (including phenoxy) is 6. The first-order chi connectivity index (χ1) is 19.8. The summed E-state index contributed by atoms with van der Waals surface area (Å²) in [6.07, 6.45) is 1.75. The SMILES string of the molecule is CCOc1c(OC)cccc1[C@H]1C(C(=O)OCCOC)=C(C)N=c2s/c(=C/c3cc(OC)c(OC)cc3Br)c(=O)n21. The van der Waals surface area contributed by atoms with Crippen molar-refractivity contribution in [3.05, 3.63) is 76.9 Å². The predicted molar refractivity (Wildman–Crippen MR) is 158 cm³/mol. The van der Waals surface area contributed by atoms with Gasteiger partial charge in [-0.3, -0.25) is 9.36 Å². The van der Waals surface area contributed by atoms with Crippen molar-refractivity contribution >= 4 is 39.3 Å². The summed E-state index contributed by atoms with van der Waals surface area (Å²) in [5.74, 6) is 1.36. The fourth-order valence-corrected chi connectivity index (χ4v) is 5.98. The number of hydrogen-bond donors (Lipinski definition) is 0. The molecule has 0 saturated heterocycles. The molecule has 218 valence electrons. The number of thiazole rings is 1. The Bertz CT molecular complexity index is 1660. The third-order valence-corrected chi connectivity index (χ3v) is 8.03. The molecule has 4 rings (SSSR count). The third-order valence-electron chi connectivity index (χ3n) is 6.36. The second-order valence-corrected chi connectivity index (χ2v) is 10.6. The van der Waals surface area contributed by atoms with Crippen LogP contribution in [0.4, 0.5) is 0 Å². The van der Waals surface area contributed by atoms with Crippen molar-refractivity contribution in [1.82, 2.24) is 4.57 Å². The van der Waals surface area contributed by atoms with Gasteiger partial charge in [0.05, 0.1) is 50.3 Å². The Hall–Kier alpha value is -3.61. The Morgan fingerprint density at radius 2 is 1.78 bits per heavy atom. The van der Waals surface area contributed by atoms with Gasteiger partial charge >= 0.3 is 5.97 Å². The molecule has 0 radical (unpaired) electrons. The summed E-state index contributed by atoms with van der Waals surface area (Å²) in [5.41, 5.74) is 1.60. The van der Waals surface area contributed by atoms with Crippen molar-refractivity contribution in [1.29, 1.82) is 0 Å². The van der Waals surface area contributed by atoms with E-state index in [9.17, 15) is 9.59 Å². The van der Waals surface area contributed by atoms with Gasteiger partial charge in [0.15, 0.2) is 27.8 Å². The minimum absolute atomic E-state index is 0.0486. The number of benzene rings is 2. The summed E-state index contributed by atoms with van der Waals surface area (Å²) in [6.45, 7) is 4.20. The Labute approximate surface area is 249 Å². The quantitative estimate of drug-likeness (QED) is 0.230. The van der Waals surface area contributed by atoms with Crippen LogP contribution in [0.25, 0.3) is 6.08 Å². The Morgan fingerprint density at radius 3 is 2.44 bits per heavy atom. The van der Waals surface area contributed by atoms with Gasteiger partial charge in [0.2, 0.25) is 0 Å². The van der Waals surface area contributed by atoms with Crippen LogP contribution in [0.5, 0.6) is 23.0 Å². The number of para-hydroxylation sites is 1. The standard InChI is InChI=1S/C29H31BrN2O8S/c1-7-39-26-18(9-8-10-20(26)36-4)25-24(28(34)40-12-11-35-3)16(2)31-29-32(25)27(33)23(41-29)14-17-13-21(37-5)22(38-6)15-19(17)30/h8-10,13-15,25H,7,11-12H2,1-6H3/b23-14+/t25-/m0/s1. The van der Waals surface area contributed by atoms with Crippen LogP contribution in [0, 0.1) is 0 Å². The predicted octanol–water partition coefficient (Wildman–Crippen LogP) is 3.61. The first kappa shape index (κ1) is 30.4. The van der Waals surface area contributed by atoms with Gasteiger partial charge < -0.3 is 28.4 Å². The van der Waals surface area contributed by atoms with Gasteiger partial charge in [0.1, 0.15) is 12.6 Å². The fourth-order valence-electron chi connectivity index (χ4n) is 4.50. The molecule has 0 bridgehead atoms. The maximum Gasteiger partial charge on any atom is 0.338 e. The molecular formula is C29H31BrN2O8S. The second-order valence-electron chi connectivity index (χ2n) is 8.75. The Morgan fingerprint density at radius 1 is 1.07 bits per heavy atom. The van der Waals surface area contributed by atoms with E-state index in [1.165, 1.54) is 30.1 Å². The number of hydrogen-bond acceptors (Lipinski definition) is 10. The molecule has 2 heterocycles. The first-order valence-electron chi connectivity index (χ1n) is 12.7. The van der Waals surface area contributed by atoms with Crippen LogP contribution in [-0.2, 0) is 14.3 Å². The Kier molecular flexibility index (Phi) is 9.90. The van der Waals surface area contributed by atoms with E-state index in [1.807, 2.05) is 6.92 Å². The van der Waals surface area contributed by atoms with Crippen molar-refractivity contribution in [3.63, 3.8) is 0 Å². The topological polar surface area (TPSA) is 107 Å². The fraction of sp³-hybridized carbons (Fsp3) is 0.345. The van der Waals surface area contributed by atoms with E-state index in [0.29, 0.717) is 60.2 Å². The van der Waals surface area contributed by atoms with E-state index in [-0.39, 0.29) is 24.3 Å². The molecular weight excluding hydrogens is 616 g/mol. The molecule has 1 aliphatic heterocycles. The molecule has 1 atom stereocenters. The number of fused-ring (bicyclic) bond motifs is 1. The van der Waals surface area contributed by atoms with Crippen LogP contribution in [0.1, 0.15) is 31.0 Å². The highest BCUT2D eigenvalue weighted by Gasteiger charge is 2.36. The number of rotatable bonds is 11. The maximum absolute atomic E-state index is 14.1. The van der Waals surface area contributed by atoms with Gasteiger partial charge in [-0.2, -0.15) is 0 Å². The largest absolute Gasteiger partial charge is 0.493 e. The normalized spacial score (nSPS) is 14.8. The highest BCUT2D eigenvalue weighted by molar-refractivity contribution is 9.10. The molecule has 0 amide bonds. The van der Waals surface area contributed by atoms with E-state index in [0.717, 1.165) is 0 Å². The first-order valence-corrected chi connectivity index (χ1v) is 14.3. The molecule has 0 N–H and O–H groups in total. The second kappa shape index (κ2) is 13.4. The van der Waals surface area contributed by atoms with Crippen LogP contribution >= 0.6 is 27.3 Å². The van der Waals surface area contributed by atoms with Gasteiger partial charge in [-0.05, 0) is 43.7 Å². The van der Waals surface area contributed by atoms with Gasteiger partial charge in [-0.1, -0.05) is 39.4 Å². The minimum atomic E-state index is -0.881. The number of carbonyl (C=O) groups is 1. The molecule has 12 heteroatoms. The zero-order chi connectivity index (χ0) is 29.7. The molecule has 0 saturated carbocycles. The van der Waals surface area contributed by atoms with Crippen LogP contribution in [0.3, 0.4) is 0 Å². The summed E-state index contributed by atoms with van der Waals surface area (Å²) in [5, 5.41) is 0. The highest BCUT2D eigenvalue weighted by Crippen LogP contribution is 2.41. The van der Waals surface area contributed by atoms with Crippen LogP contribution in [0.2, 0.25) is 0 Å². The van der Waals surface area contributed by atoms with Crippen LogP contribution < -0.4 is 33.8 Å². The van der Waals surface area contributed by atoms with Crippen molar-refractivity contribution in [2.45, 2.75) is 19.9 Å². The van der Waals surface area contributed by atoms with E-state index in [2.05, 4.69) is 20.9 Å². The molecule has 1 aromatic heterocycles.